The van der Waals surface area contributed by atoms with Gasteiger partial charge in [0.15, 0.2) is 5.78 Å². The molecule has 0 fully saturated rings. The van der Waals surface area contributed by atoms with E-state index in [1.807, 2.05) is 72.8 Å². The summed E-state index contributed by atoms with van der Waals surface area (Å²) in [4.78, 5) is 13.7. The first-order valence-corrected chi connectivity index (χ1v) is 8.69. The van der Waals surface area contributed by atoms with E-state index in [9.17, 15) is 9.90 Å². The number of benzene rings is 3. The van der Waals surface area contributed by atoms with E-state index in [0.717, 1.165) is 16.0 Å². The number of Topliss-reactive ketones (excluding diaryl/α,β-unsaturated/α-hetero) is 1. The molecule has 0 radical (unpaired) electrons. The summed E-state index contributed by atoms with van der Waals surface area (Å²) in [6.07, 6.45) is 0.411. The van der Waals surface area contributed by atoms with Gasteiger partial charge in [-0.05, 0) is 29.8 Å². The van der Waals surface area contributed by atoms with Gasteiger partial charge in [0, 0.05) is 22.1 Å². The van der Waals surface area contributed by atoms with Gasteiger partial charge in [0.2, 0.25) is 0 Å². The van der Waals surface area contributed by atoms with E-state index in [0.29, 0.717) is 6.42 Å². The van der Waals surface area contributed by atoms with Crippen molar-refractivity contribution in [2.24, 2.45) is 0 Å². The van der Waals surface area contributed by atoms with Crippen LogP contribution >= 0.6 is 11.8 Å². The third kappa shape index (κ3) is 4.27. The SMILES string of the molecule is O=C(CC(Sc1ccccc1)c1ccc(O)cc1)c1ccccc1. The molecule has 3 heteroatoms. The summed E-state index contributed by atoms with van der Waals surface area (Å²) in [5.74, 6) is 0.355. The molecule has 0 spiro atoms. The van der Waals surface area contributed by atoms with Crippen LogP contribution in [0, 0.1) is 0 Å². The van der Waals surface area contributed by atoms with Crippen molar-refractivity contribution < 1.29 is 9.90 Å². The number of ketones is 1. The number of carbonyl (C=O) groups is 1. The predicted molar refractivity (Wildman–Crippen MR) is 98.5 cm³/mol. The van der Waals surface area contributed by atoms with Gasteiger partial charge >= 0.3 is 0 Å². The molecule has 0 aliphatic carbocycles. The monoisotopic (exact) mass is 334 g/mol. The van der Waals surface area contributed by atoms with Crippen molar-refractivity contribution in [2.45, 2.75) is 16.6 Å². The van der Waals surface area contributed by atoms with Gasteiger partial charge in [-0.1, -0.05) is 60.7 Å². The molecule has 1 atom stereocenters. The van der Waals surface area contributed by atoms with Gasteiger partial charge in [-0.3, -0.25) is 4.79 Å². The second kappa shape index (κ2) is 7.84. The predicted octanol–water partition coefficient (Wildman–Crippen LogP) is 5.50. The Kier molecular flexibility index (Phi) is 5.34. The number of rotatable bonds is 6. The Bertz CT molecular complexity index is 783. The Morgan fingerprint density at radius 1 is 0.833 bits per heavy atom. The van der Waals surface area contributed by atoms with Gasteiger partial charge in [-0.2, -0.15) is 0 Å². The number of carbonyl (C=O) groups excluding carboxylic acids is 1. The quantitative estimate of drug-likeness (QED) is 0.478. The molecule has 3 rings (SSSR count). The van der Waals surface area contributed by atoms with Crippen molar-refractivity contribution in [2.75, 3.05) is 0 Å². The molecule has 24 heavy (non-hydrogen) atoms. The zero-order valence-electron chi connectivity index (χ0n) is 13.1. The molecule has 0 aliphatic rings. The molecule has 1 unspecified atom stereocenters. The smallest absolute Gasteiger partial charge is 0.164 e. The van der Waals surface area contributed by atoms with Crippen LogP contribution in [0.5, 0.6) is 5.75 Å². The van der Waals surface area contributed by atoms with Crippen molar-refractivity contribution in [1.29, 1.82) is 0 Å². The third-order valence-electron chi connectivity index (χ3n) is 3.75. The lowest BCUT2D eigenvalue weighted by Crippen LogP contribution is -2.05. The Hall–Kier alpha value is -2.52. The largest absolute Gasteiger partial charge is 0.508 e. The van der Waals surface area contributed by atoms with Crippen molar-refractivity contribution in [1.82, 2.24) is 0 Å². The Morgan fingerprint density at radius 3 is 2.04 bits per heavy atom. The summed E-state index contributed by atoms with van der Waals surface area (Å²) >= 11 is 1.67. The minimum atomic E-state index is 0.000654. The van der Waals surface area contributed by atoms with Crippen molar-refractivity contribution >= 4 is 17.5 Å². The van der Waals surface area contributed by atoms with Crippen LogP contribution < -0.4 is 0 Å². The summed E-state index contributed by atoms with van der Waals surface area (Å²) in [6.45, 7) is 0. The number of phenols is 1. The molecule has 0 bridgehead atoms. The Labute approximate surface area is 146 Å². The maximum Gasteiger partial charge on any atom is 0.164 e. The fraction of sp³-hybridized carbons (Fsp3) is 0.0952. The van der Waals surface area contributed by atoms with Gasteiger partial charge in [-0.25, -0.2) is 0 Å². The zero-order chi connectivity index (χ0) is 16.8. The lowest BCUT2D eigenvalue weighted by molar-refractivity contribution is 0.0982. The summed E-state index contributed by atoms with van der Waals surface area (Å²) in [5.41, 5.74) is 1.76. The van der Waals surface area contributed by atoms with E-state index >= 15 is 0 Å². The van der Waals surface area contributed by atoms with Gasteiger partial charge in [0.25, 0.3) is 0 Å². The molecule has 0 aliphatic heterocycles. The lowest BCUT2D eigenvalue weighted by atomic mass is 10.0. The van der Waals surface area contributed by atoms with E-state index in [1.165, 1.54) is 0 Å². The second-order valence-corrected chi connectivity index (χ2v) is 6.78. The van der Waals surface area contributed by atoms with Crippen LogP contribution in [0.25, 0.3) is 0 Å². The van der Waals surface area contributed by atoms with Crippen molar-refractivity contribution in [3.05, 3.63) is 96.1 Å². The normalized spacial score (nSPS) is 11.8. The second-order valence-electron chi connectivity index (χ2n) is 5.50. The maximum atomic E-state index is 12.6. The Balaban J connectivity index is 1.84. The highest BCUT2D eigenvalue weighted by molar-refractivity contribution is 7.99. The zero-order valence-corrected chi connectivity index (χ0v) is 13.9. The minimum absolute atomic E-state index is 0.000654. The fourth-order valence-corrected chi connectivity index (χ4v) is 3.66. The summed E-state index contributed by atoms with van der Waals surface area (Å²) < 4.78 is 0. The van der Waals surface area contributed by atoms with E-state index < -0.39 is 0 Å². The number of thioether (sulfide) groups is 1. The standard InChI is InChI=1S/C21H18O2S/c22-18-13-11-17(12-14-18)21(24-19-9-5-2-6-10-19)15-20(23)16-7-3-1-4-8-16/h1-14,21-22H,15H2. The Morgan fingerprint density at radius 2 is 1.42 bits per heavy atom. The lowest BCUT2D eigenvalue weighted by Gasteiger charge is -2.17. The fourth-order valence-electron chi connectivity index (χ4n) is 2.49. The van der Waals surface area contributed by atoms with Gasteiger partial charge < -0.3 is 5.11 Å². The van der Waals surface area contributed by atoms with Gasteiger partial charge in [-0.15, -0.1) is 11.8 Å². The van der Waals surface area contributed by atoms with Crippen molar-refractivity contribution in [3.8, 4) is 5.75 Å². The highest BCUT2D eigenvalue weighted by Crippen LogP contribution is 2.38. The highest BCUT2D eigenvalue weighted by atomic mass is 32.2. The number of aromatic hydroxyl groups is 1. The van der Waals surface area contributed by atoms with E-state index in [1.54, 1.807) is 23.9 Å². The summed E-state index contributed by atoms with van der Waals surface area (Å²) in [6, 6.07) is 26.5. The van der Waals surface area contributed by atoms with E-state index in [2.05, 4.69) is 0 Å². The molecule has 0 amide bonds. The molecule has 0 saturated carbocycles. The number of phenolic OH excluding ortho intramolecular Hbond substituents is 1. The first-order valence-electron chi connectivity index (χ1n) is 7.81. The van der Waals surface area contributed by atoms with Crippen molar-refractivity contribution in [3.63, 3.8) is 0 Å². The first-order chi connectivity index (χ1) is 11.7. The molecule has 0 aromatic heterocycles. The van der Waals surface area contributed by atoms with E-state index in [4.69, 9.17) is 0 Å². The first kappa shape index (κ1) is 16.3. The molecule has 3 aromatic carbocycles. The van der Waals surface area contributed by atoms with Crippen LogP contribution in [0.3, 0.4) is 0 Å². The van der Waals surface area contributed by atoms with Crippen LogP contribution in [0.4, 0.5) is 0 Å². The molecule has 3 aromatic rings. The van der Waals surface area contributed by atoms with Crippen LogP contribution in [0.1, 0.15) is 27.6 Å². The minimum Gasteiger partial charge on any atom is -0.508 e. The molecular weight excluding hydrogens is 316 g/mol. The van der Waals surface area contributed by atoms with Crippen LogP contribution in [0.2, 0.25) is 0 Å². The maximum absolute atomic E-state index is 12.6. The topological polar surface area (TPSA) is 37.3 Å². The van der Waals surface area contributed by atoms with Crippen LogP contribution in [-0.2, 0) is 0 Å². The average molecular weight is 334 g/mol. The average Bonchev–Trinajstić information content (AvgIpc) is 2.63. The van der Waals surface area contributed by atoms with Gasteiger partial charge in [0.05, 0.1) is 0 Å². The summed E-state index contributed by atoms with van der Waals surface area (Å²) in [7, 11) is 0. The molecule has 0 saturated heterocycles. The molecule has 2 nitrogen and oxygen atoms in total. The number of hydrogen-bond donors (Lipinski definition) is 1. The third-order valence-corrected chi connectivity index (χ3v) is 5.02. The highest BCUT2D eigenvalue weighted by Gasteiger charge is 2.18. The van der Waals surface area contributed by atoms with E-state index in [-0.39, 0.29) is 16.8 Å². The number of hydrogen-bond acceptors (Lipinski definition) is 3. The van der Waals surface area contributed by atoms with Crippen LogP contribution in [-0.4, -0.2) is 10.9 Å². The van der Waals surface area contributed by atoms with Crippen LogP contribution in [0.15, 0.2) is 89.8 Å². The molecular formula is C21H18O2S. The molecule has 120 valence electrons. The molecule has 0 heterocycles. The molecule has 1 N–H and O–H groups in total. The summed E-state index contributed by atoms with van der Waals surface area (Å²) in [5, 5.41) is 9.51. The van der Waals surface area contributed by atoms with Gasteiger partial charge in [0.1, 0.15) is 5.75 Å².